The molecule has 0 aliphatic heterocycles. The van der Waals surface area contributed by atoms with E-state index in [-0.39, 0.29) is 44.1 Å². The molecule has 0 fully saturated rings. The minimum Gasteiger partial charge on any atom is -0.507 e. The molecule has 0 saturated carbocycles. The Hall–Kier alpha value is -7.13. The molecular formula is C64H56N3OPt-. The average molecular weight is 1080 g/mol. The number of phenolic OH excluding ortho intramolecular Hbond substituents is 1. The van der Waals surface area contributed by atoms with Gasteiger partial charge in [-0.15, -0.1) is 23.8 Å². The van der Waals surface area contributed by atoms with Gasteiger partial charge in [-0.2, -0.15) is 0 Å². The fourth-order valence-corrected chi connectivity index (χ4v) is 9.30. The van der Waals surface area contributed by atoms with E-state index in [1.54, 1.807) is 0 Å². The quantitative estimate of drug-likeness (QED) is 0.139. The van der Waals surface area contributed by atoms with E-state index in [4.69, 9.17) is 9.97 Å². The average Bonchev–Trinajstić information content (AvgIpc) is 3.76. The summed E-state index contributed by atoms with van der Waals surface area (Å²) in [4.78, 5) is 10.6. The Morgan fingerprint density at radius 2 is 1.10 bits per heavy atom. The van der Waals surface area contributed by atoms with Gasteiger partial charge < -0.3 is 5.11 Å². The molecule has 5 heteroatoms. The second-order valence-electron chi connectivity index (χ2n) is 19.5. The van der Waals surface area contributed by atoms with E-state index in [1.165, 1.54) is 16.7 Å². The van der Waals surface area contributed by atoms with Crippen molar-refractivity contribution in [2.24, 2.45) is 0 Å². The number of hydrogen-bond acceptors (Lipinski definition) is 3. The Balaban J connectivity index is 0.00000593. The number of aromatic hydroxyl groups is 1. The van der Waals surface area contributed by atoms with Crippen LogP contribution in [-0.4, -0.2) is 19.6 Å². The Kier molecular flexibility index (Phi) is 13.2. The number of phenols is 1. The SMILES string of the molecule is CC(C)c1cc(-c2nc3c(-c4[c-]c(-c5cc(-c6ccc(-c7ccccc7)cc6)ccn5)cc(-c5ccccc5)c4)cccc3n2-c2ccc(C(C)(C)C)cc2-c2ccccc2)c(O)c(C(C)C)c1.[Pt]. The van der Waals surface area contributed by atoms with Crippen LogP contribution in [0.4, 0.5) is 0 Å². The normalized spacial score (nSPS) is 11.6. The van der Waals surface area contributed by atoms with Crippen LogP contribution in [0.5, 0.6) is 5.75 Å². The number of nitrogens with zero attached hydrogens (tertiary/aromatic N) is 3. The molecule has 69 heavy (non-hydrogen) atoms. The third kappa shape index (κ3) is 9.39. The molecule has 0 aliphatic rings. The van der Waals surface area contributed by atoms with Crippen LogP contribution < -0.4 is 0 Å². The summed E-state index contributed by atoms with van der Waals surface area (Å²) in [7, 11) is 0. The van der Waals surface area contributed by atoms with Crippen LogP contribution >= 0.6 is 0 Å². The molecule has 0 radical (unpaired) electrons. The third-order valence-electron chi connectivity index (χ3n) is 13.2. The van der Waals surface area contributed by atoms with Crippen LogP contribution in [0.25, 0.3) is 95.0 Å². The first-order valence-electron chi connectivity index (χ1n) is 23.8. The summed E-state index contributed by atoms with van der Waals surface area (Å²) in [5, 5.41) is 12.4. The number of aromatic nitrogens is 3. The van der Waals surface area contributed by atoms with Gasteiger partial charge in [0.1, 0.15) is 11.6 Å². The van der Waals surface area contributed by atoms with Gasteiger partial charge in [-0.1, -0.05) is 211 Å². The molecule has 10 rings (SSSR count). The number of pyridine rings is 1. The van der Waals surface area contributed by atoms with Gasteiger partial charge in [0.05, 0.1) is 22.3 Å². The molecule has 0 unspecified atom stereocenters. The van der Waals surface area contributed by atoms with E-state index in [1.807, 2.05) is 12.3 Å². The van der Waals surface area contributed by atoms with Crippen molar-refractivity contribution in [1.29, 1.82) is 0 Å². The Labute approximate surface area is 421 Å². The fourth-order valence-electron chi connectivity index (χ4n) is 9.30. The van der Waals surface area contributed by atoms with Gasteiger partial charge in [-0.25, -0.2) is 4.98 Å². The molecule has 344 valence electrons. The summed E-state index contributed by atoms with van der Waals surface area (Å²) in [6.45, 7) is 15.5. The smallest absolute Gasteiger partial charge is 0.148 e. The number of imidazole rings is 1. The van der Waals surface area contributed by atoms with Gasteiger partial charge in [0.2, 0.25) is 0 Å². The van der Waals surface area contributed by atoms with E-state index in [9.17, 15) is 5.11 Å². The maximum absolute atomic E-state index is 12.4. The van der Waals surface area contributed by atoms with Crippen molar-refractivity contribution in [2.45, 2.75) is 65.7 Å². The van der Waals surface area contributed by atoms with Crippen molar-refractivity contribution in [3.8, 4) is 89.7 Å². The van der Waals surface area contributed by atoms with Gasteiger partial charge in [-0.05, 0) is 97.7 Å². The minimum atomic E-state index is -0.0796. The second-order valence-corrected chi connectivity index (χ2v) is 19.5. The number of fused-ring (bicyclic) bond motifs is 1. The molecule has 0 atom stereocenters. The molecule has 0 amide bonds. The Morgan fingerprint density at radius 1 is 0.507 bits per heavy atom. The molecule has 2 heterocycles. The summed E-state index contributed by atoms with van der Waals surface area (Å²) in [5.41, 5.74) is 19.1. The van der Waals surface area contributed by atoms with E-state index in [0.717, 1.165) is 83.6 Å². The third-order valence-corrected chi connectivity index (χ3v) is 13.2. The first-order valence-corrected chi connectivity index (χ1v) is 23.8. The fraction of sp³-hybridized carbons (Fsp3) is 0.156. The number of para-hydroxylation sites is 1. The first-order chi connectivity index (χ1) is 32.9. The number of rotatable bonds is 10. The van der Waals surface area contributed by atoms with Crippen LogP contribution in [-0.2, 0) is 26.5 Å². The van der Waals surface area contributed by atoms with Gasteiger partial charge in [-0.3, -0.25) is 9.55 Å². The van der Waals surface area contributed by atoms with E-state index >= 15 is 0 Å². The molecule has 0 spiro atoms. The van der Waals surface area contributed by atoms with Crippen LogP contribution in [0, 0.1) is 6.07 Å². The van der Waals surface area contributed by atoms with Crippen LogP contribution in [0.3, 0.4) is 0 Å². The number of benzene rings is 8. The molecule has 0 aliphatic carbocycles. The molecule has 0 saturated heterocycles. The second kappa shape index (κ2) is 19.5. The zero-order valence-electron chi connectivity index (χ0n) is 40.2. The molecule has 2 aromatic heterocycles. The van der Waals surface area contributed by atoms with Gasteiger partial charge in [0, 0.05) is 38.5 Å². The summed E-state index contributed by atoms with van der Waals surface area (Å²) in [5.74, 6) is 1.28. The van der Waals surface area contributed by atoms with Crippen LogP contribution in [0.1, 0.15) is 77.0 Å². The zero-order chi connectivity index (χ0) is 47.1. The molecular weight excluding hydrogens is 1020 g/mol. The van der Waals surface area contributed by atoms with Crippen molar-refractivity contribution >= 4 is 11.0 Å². The predicted molar refractivity (Wildman–Crippen MR) is 284 cm³/mol. The maximum atomic E-state index is 12.4. The van der Waals surface area contributed by atoms with E-state index < -0.39 is 0 Å². The van der Waals surface area contributed by atoms with Gasteiger partial charge >= 0.3 is 0 Å². The standard InChI is InChI=1S/C64H56N3O.Pt/c1-41(2)49-37-55(42(3)4)62(68)57(38-49)63-66-61-54(24-17-25-60(61)67(63)59-31-30-53(64(5,6)7)40-56(59)47-22-15-10-16-23-47)51-34-50(44-20-13-9-14-21-44)35-52(36-51)58-39-48(32-33-65-58)46-28-26-45(27-29-46)43-18-11-8-12-19-43;/h8-35,37-42,68H,1-7H3;/q-1;. The van der Waals surface area contributed by atoms with Crippen molar-refractivity contribution < 1.29 is 26.2 Å². The van der Waals surface area contributed by atoms with Crippen molar-refractivity contribution in [3.05, 3.63) is 217 Å². The summed E-state index contributed by atoms with van der Waals surface area (Å²) >= 11 is 0. The zero-order valence-corrected chi connectivity index (χ0v) is 42.5. The van der Waals surface area contributed by atoms with Crippen LogP contribution in [0.15, 0.2) is 194 Å². The predicted octanol–water partition coefficient (Wildman–Crippen LogP) is 17.1. The molecule has 0 bridgehead atoms. The van der Waals surface area contributed by atoms with Crippen molar-refractivity contribution in [2.75, 3.05) is 0 Å². The maximum Gasteiger partial charge on any atom is 0.148 e. The molecule has 8 aromatic carbocycles. The Bertz CT molecular complexity index is 3420. The monoisotopic (exact) mass is 1080 g/mol. The number of hydrogen-bond donors (Lipinski definition) is 1. The van der Waals surface area contributed by atoms with E-state index in [0.29, 0.717) is 11.4 Å². The summed E-state index contributed by atoms with van der Waals surface area (Å²) in [6, 6.07) is 70.4. The van der Waals surface area contributed by atoms with Crippen molar-refractivity contribution in [1.82, 2.24) is 14.5 Å². The summed E-state index contributed by atoms with van der Waals surface area (Å²) in [6.07, 6.45) is 1.89. The summed E-state index contributed by atoms with van der Waals surface area (Å²) < 4.78 is 2.27. The molecule has 4 nitrogen and oxygen atoms in total. The van der Waals surface area contributed by atoms with Gasteiger partial charge in [0.25, 0.3) is 0 Å². The van der Waals surface area contributed by atoms with E-state index in [2.05, 4.69) is 241 Å². The topological polar surface area (TPSA) is 50.9 Å². The molecule has 1 N–H and O–H groups in total. The van der Waals surface area contributed by atoms with Gasteiger partial charge in [0.15, 0.2) is 0 Å². The first kappa shape index (κ1) is 47.0. The van der Waals surface area contributed by atoms with Crippen LogP contribution in [0.2, 0.25) is 0 Å². The van der Waals surface area contributed by atoms with Crippen molar-refractivity contribution in [3.63, 3.8) is 0 Å². The largest absolute Gasteiger partial charge is 0.507 e. The minimum absolute atomic E-state index is 0. The molecule has 10 aromatic rings. The Morgan fingerprint density at radius 3 is 1.72 bits per heavy atom.